The molecule has 4 nitrogen and oxygen atoms in total. The molecule has 0 bridgehead atoms. The number of nitrogens with zero attached hydrogens (tertiary/aromatic N) is 1. The molecule has 0 saturated carbocycles. The Bertz CT molecular complexity index is 897. The topological polar surface area (TPSA) is 54.5 Å². The Hall–Kier alpha value is -1.37. The fraction of sp³-hybridized carbons (Fsp3) is 0.389. The van der Waals surface area contributed by atoms with E-state index in [4.69, 9.17) is 11.6 Å². The van der Waals surface area contributed by atoms with Crippen molar-refractivity contribution in [2.45, 2.75) is 29.4 Å². The number of carbonyl (C=O) groups excluding carboxylic acids is 1. The number of benzene rings is 1. The average Bonchev–Trinajstić information content (AvgIpc) is 3.05. The van der Waals surface area contributed by atoms with Gasteiger partial charge < -0.3 is 4.90 Å². The Kier molecular flexibility index (Phi) is 4.97. The van der Waals surface area contributed by atoms with E-state index in [1.165, 1.54) is 11.6 Å². The lowest BCUT2D eigenvalue weighted by Crippen LogP contribution is -2.43. The smallest absolute Gasteiger partial charge is 0.254 e. The summed E-state index contributed by atoms with van der Waals surface area (Å²) in [6.07, 6.45) is 2.86. The summed E-state index contributed by atoms with van der Waals surface area (Å²) in [5.74, 6) is -0.0979. The van der Waals surface area contributed by atoms with Crippen molar-refractivity contribution in [3.63, 3.8) is 0 Å². The molecule has 0 spiro atoms. The summed E-state index contributed by atoms with van der Waals surface area (Å²) in [6.45, 7) is 3.49. The van der Waals surface area contributed by atoms with E-state index >= 15 is 0 Å². The van der Waals surface area contributed by atoms with Crippen LogP contribution in [0, 0.1) is 0 Å². The lowest BCUT2D eigenvalue weighted by atomic mass is 9.74. The van der Waals surface area contributed by atoms with Crippen LogP contribution in [0.15, 0.2) is 39.9 Å². The zero-order chi connectivity index (χ0) is 18.2. The molecule has 25 heavy (non-hydrogen) atoms. The van der Waals surface area contributed by atoms with Gasteiger partial charge in [-0.15, -0.1) is 11.3 Å². The van der Waals surface area contributed by atoms with Crippen LogP contribution >= 0.6 is 22.9 Å². The Morgan fingerprint density at radius 3 is 2.48 bits per heavy atom. The first-order chi connectivity index (χ1) is 11.7. The number of thiophene rings is 1. The van der Waals surface area contributed by atoms with Gasteiger partial charge in [-0.05, 0) is 42.0 Å². The van der Waals surface area contributed by atoms with Crippen molar-refractivity contribution >= 4 is 38.7 Å². The molecule has 3 rings (SSSR count). The van der Waals surface area contributed by atoms with E-state index < -0.39 is 9.84 Å². The number of amides is 1. The summed E-state index contributed by atoms with van der Waals surface area (Å²) in [4.78, 5) is 14.5. The van der Waals surface area contributed by atoms with Gasteiger partial charge in [0.1, 0.15) is 4.21 Å². The monoisotopic (exact) mass is 397 g/mol. The van der Waals surface area contributed by atoms with Crippen molar-refractivity contribution in [1.29, 1.82) is 0 Å². The molecule has 0 unspecified atom stereocenters. The normalized spacial score (nSPS) is 17.5. The maximum atomic E-state index is 12.7. The van der Waals surface area contributed by atoms with Gasteiger partial charge in [-0.3, -0.25) is 4.79 Å². The van der Waals surface area contributed by atoms with Gasteiger partial charge in [0, 0.05) is 29.7 Å². The molecule has 1 aliphatic rings. The second-order valence-corrected chi connectivity index (χ2v) is 10.4. The first-order valence-electron chi connectivity index (χ1n) is 8.03. The molecule has 0 aliphatic carbocycles. The van der Waals surface area contributed by atoms with Crippen molar-refractivity contribution in [3.05, 3.63) is 51.9 Å². The minimum Gasteiger partial charge on any atom is -0.339 e. The van der Waals surface area contributed by atoms with Crippen LogP contribution in [0.5, 0.6) is 0 Å². The van der Waals surface area contributed by atoms with E-state index in [0.29, 0.717) is 18.7 Å². The summed E-state index contributed by atoms with van der Waals surface area (Å²) in [6, 6.07) is 9.38. The van der Waals surface area contributed by atoms with Crippen molar-refractivity contribution in [2.75, 3.05) is 19.3 Å². The summed E-state index contributed by atoms with van der Waals surface area (Å²) >= 11 is 7.21. The molecule has 1 fully saturated rings. The van der Waals surface area contributed by atoms with E-state index in [-0.39, 0.29) is 15.5 Å². The third kappa shape index (κ3) is 3.91. The van der Waals surface area contributed by atoms with Gasteiger partial charge >= 0.3 is 0 Å². The Morgan fingerprint density at radius 1 is 1.24 bits per heavy atom. The van der Waals surface area contributed by atoms with Crippen LogP contribution in [0.2, 0.25) is 5.02 Å². The average molecular weight is 398 g/mol. The first kappa shape index (κ1) is 18.4. The predicted molar refractivity (Wildman–Crippen MR) is 101 cm³/mol. The lowest BCUT2D eigenvalue weighted by molar-refractivity contribution is 0.0676. The highest BCUT2D eigenvalue weighted by atomic mass is 35.5. The van der Waals surface area contributed by atoms with E-state index in [2.05, 4.69) is 13.0 Å². The van der Waals surface area contributed by atoms with E-state index in [0.717, 1.165) is 35.5 Å². The maximum absolute atomic E-state index is 12.7. The summed E-state index contributed by atoms with van der Waals surface area (Å²) < 4.78 is 23.4. The molecule has 0 N–H and O–H groups in total. The van der Waals surface area contributed by atoms with Crippen LogP contribution < -0.4 is 0 Å². The van der Waals surface area contributed by atoms with Crippen LogP contribution in [-0.4, -0.2) is 38.6 Å². The minimum atomic E-state index is -3.27. The second kappa shape index (κ2) is 6.74. The number of rotatable bonds is 3. The van der Waals surface area contributed by atoms with E-state index in [1.807, 2.05) is 18.2 Å². The molecule has 1 aromatic carbocycles. The highest BCUT2D eigenvalue weighted by molar-refractivity contribution is 7.92. The van der Waals surface area contributed by atoms with Crippen LogP contribution in [0.4, 0.5) is 0 Å². The Morgan fingerprint density at radius 2 is 1.92 bits per heavy atom. The molecule has 7 heteroatoms. The molecular formula is C18H20ClNO3S2. The number of hydrogen-bond donors (Lipinski definition) is 0. The zero-order valence-corrected chi connectivity index (χ0v) is 16.5. The van der Waals surface area contributed by atoms with Crippen molar-refractivity contribution in [2.24, 2.45) is 0 Å². The summed E-state index contributed by atoms with van der Waals surface area (Å²) in [5, 5.41) is 2.35. The third-order valence-corrected chi connectivity index (χ3v) is 7.87. The van der Waals surface area contributed by atoms with Crippen molar-refractivity contribution in [3.8, 4) is 0 Å². The zero-order valence-electron chi connectivity index (χ0n) is 14.2. The molecule has 0 radical (unpaired) electrons. The fourth-order valence-corrected chi connectivity index (χ4v) is 5.14. The number of carbonyl (C=O) groups is 1. The van der Waals surface area contributed by atoms with Gasteiger partial charge in [-0.1, -0.05) is 30.7 Å². The van der Waals surface area contributed by atoms with E-state index in [1.54, 1.807) is 10.3 Å². The van der Waals surface area contributed by atoms with Crippen LogP contribution in [-0.2, 0) is 15.3 Å². The van der Waals surface area contributed by atoms with Gasteiger partial charge in [0.2, 0.25) is 0 Å². The molecule has 1 saturated heterocycles. The number of likely N-dealkylation sites (tertiary alicyclic amines) is 1. The molecule has 1 amide bonds. The maximum Gasteiger partial charge on any atom is 0.254 e. The quantitative estimate of drug-likeness (QED) is 0.786. The number of piperidine rings is 1. The molecule has 134 valence electrons. The van der Waals surface area contributed by atoms with Gasteiger partial charge in [-0.25, -0.2) is 8.42 Å². The predicted octanol–water partition coefficient (Wildman–Crippen LogP) is 4.00. The molecule has 2 heterocycles. The van der Waals surface area contributed by atoms with E-state index in [9.17, 15) is 13.2 Å². The number of sulfone groups is 1. The molecule has 1 aromatic heterocycles. The highest BCUT2D eigenvalue weighted by Gasteiger charge is 2.34. The minimum absolute atomic E-state index is 0.00571. The molecular weight excluding hydrogens is 378 g/mol. The Balaban J connectivity index is 1.71. The molecule has 1 aliphatic heterocycles. The number of hydrogen-bond acceptors (Lipinski definition) is 4. The highest BCUT2D eigenvalue weighted by Crippen LogP contribution is 2.36. The third-order valence-electron chi connectivity index (χ3n) is 4.86. The summed E-state index contributed by atoms with van der Waals surface area (Å²) in [7, 11) is -3.27. The van der Waals surface area contributed by atoms with Gasteiger partial charge in [0.25, 0.3) is 5.91 Å². The van der Waals surface area contributed by atoms with Crippen LogP contribution in [0.3, 0.4) is 0 Å². The van der Waals surface area contributed by atoms with Crippen molar-refractivity contribution < 1.29 is 13.2 Å². The molecule has 2 aromatic rings. The number of halogens is 1. The van der Waals surface area contributed by atoms with Gasteiger partial charge in [0.15, 0.2) is 9.84 Å². The standard InChI is InChI=1S/C18H20ClNO3S2/c1-18(14-4-3-5-15(19)11-14)6-8-20(9-7-18)17(21)13-10-16(24-12-13)25(2,22)23/h3-5,10-12H,6-9H2,1-2H3. The molecule has 0 atom stereocenters. The SMILES string of the molecule is CC1(c2cccc(Cl)c2)CCN(C(=O)c2csc(S(C)(=O)=O)c2)CC1. The van der Waals surface area contributed by atoms with Gasteiger partial charge in [0.05, 0.1) is 5.56 Å². The first-order valence-corrected chi connectivity index (χ1v) is 11.2. The van der Waals surface area contributed by atoms with Crippen LogP contribution in [0.25, 0.3) is 0 Å². The van der Waals surface area contributed by atoms with Gasteiger partial charge in [-0.2, -0.15) is 0 Å². The Labute approximate surface area is 157 Å². The lowest BCUT2D eigenvalue weighted by Gasteiger charge is -2.40. The van der Waals surface area contributed by atoms with Crippen molar-refractivity contribution in [1.82, 2.24) is 4.90 Å². The fourth-order valence-electron chi connectivity index (χ4n) is 3.16. The second-order valence-electron chi connectivity index (χ2n) is 6.79. The largest absolute Gasteiger partial charge is 0.339 e. The summed E-state index contributed by atoms with van der Waals surface area (Å²) in [5.41, 5.74) is 1.65. The van der Waals surface area contributed by atoms with Crippen LogP contribution in [0.1, 0.15) is 35.7 Å².